The predicted octanol–water partition coefficient (Wildman–Crippen LogP) is 3.99. The fraction of sp³-hybridized carbons (Fsp3) is 0.217. The van der Waals surface area contributed by atoms with E-state index >= 15 is 0 Å². The zero-order chi connectivity index (χ0) is 21.3. The van der Waals surface area contributed by atoms with E-state index in [2.05, 4.69) is 24.1 Å². The van der Waals surface area contributed by atoms with Crippen molar-refractivity contribution < 1.29 is 14.4 Å². The minimum absolute atomic E-state index is 0.122. The molecule has 0 atom stereocenters. The van der Waals surface area contributed by atoms with Gasteiger partial charge in [0.25, 0.3) is 17.7 Å². The molecule has 3 amide bonds. The summed E-state index contributed by atoms with van der Waals surface area (Å²) in [6.07, 6.45) is 0. The molecule has 0 radical (unpaired) electrons. The molecule has 2 aromatic carbocycles. The first-order valence-corrected chi connectivity index (χ1v) is 10.6. The average molecular weight is 420 g/mol. The van der Waals surface area contributed by atoms with Gasteiger partial charge in [-0.05, 0) is 29.8 Å². The Hall–Kier alpha value is -3.32. The summed E-state index contributed by atoms with van der Waals surface area (Å²) in [5.74, 6) is -0.485. The van der Waals surface area contributed by atoms with Crippen LogP contribution in [0.3, 0.4) is 0 Å². The zero-order valence-electron chi connectivity index (χ0n) is 16.7. The number of rotatable bonds is 6. The van der Waals surface area contributed by atoms with Crippen molar-refractivity contribution in [2.24, 2.45) is 0 Å². The van der Waals surface area contributed by atoms with Gasteiger partial charge in [0, 0.05) is 16.9 Å². The van der Waals surface area contributed by atoms with Crippen molar-refractivity contribution in [2.75, 3.05) is 0 Å². The standard InChI is InChI=1S/C23H21N3O3S/c1-14(2)21-25-17(13-30-21)11-24-20(27)16-7-5-6-15(10-16)12-26-22(28)18-8-3-4-9-19(18)23(26)29/h3-10,13-14H,11-12H2,1-2H3,(H,24,27). The van der Waals surface area contributed by atoms with Crippen LogP contribution in [-0.2, 0) is 13.1 Å². The van der Waals surface area contributed by atoms with Gasteiger partial charge in [0.15, 0.2) is 0 Å². The number of carbonyl (C=O) groups excluding carboxylic acids is 3. The van der Waals surface area contributed by atoms with E-state index in [1.807, 2.05) is 5.38 Å². The minimum Gasteiger partial charge on any atom is -0.346 e. The number of fused-ring (bicyclic) bond motifs is 1. The Morgan fingerprint density at radius 3 is 2.40 bits per heavy atom. The highest BCUT2D eigenvalue weighted by Crippen LogP contribution is 2.24. The normalized spacial score (nSPS) is 13.1. The Kier molecular flexibility index (Phi) is 5.46. The van der Waals surface area contributed by atoms with Crippen LogP contribution in [0.1, 0.15) is 67.1 Å². The van der Waals surface area contributed by atoms with Crippen molar-refractivity contribution in [1.82, 2.24) is 15.2 Å². The third-order valence-electron chi connectivity index (χ3n) is 4.90. The number of aromatic nitrogens is 1. The van der Waals surface area contributed by atoms with Crippen molar-refractivity contribution in [1.29, 1.82) is 0 Å². The van der Waals surface area contributed by atoms with E-state index in [-0.39, 0.29) is 24.3 Å². The summed E-state index contributed by atoms with van der Waals surface area (Å²) in [5, 5.41) is 5.87. The summed E-state index contributed by atoms with van der Waals surface area (Å²) in [7, 11) is 0. The maximum absolute atomic E-state index is 12.6. The molecule has 0 aliphatic carbocycles. The Labute approximate surface area is 178 Å². The Morgan fingerprint density at radius 2 is 1.77 bits per heavy atom. The lowest BCUT2D eigenvalue weighted by molar-refractivity contribution is 0.0642. The molecular weight excluding hydrogens is 398 g/mol. The molecule has 0 bridgehead atoms. The van der Waals surface area contributed by atoms with Gasteiger partial charge in [-0.1, -0.05) is 38.1 Å². The summed E-state index contributed by atoms with van der Waals surface area (Å²) >= 11 is 1.59. The Morgan fingerprint density at radius 1 is 1.07 bits per heavy atom. The highest BCUT2D eigenvalue weighted by Gasteiger charge is 2.34. The summed E-state index contributed by atoms with van der Waals surface area (Å²) < 4.78 is 0. The van der Waals surface area contributed by atoms with E-state index in [1.165, 1.54) is 4.90 Å². The third kappa shape index (κ3) is 3.89. The largest absolute Gasteiger partial charge is 0.346 e. The molecule has 0 spiro atoms. The molecule has 30 heavy (non-hydrogen) atoms. The molecule has 6 nitrogen and oxygen atoms in total. The van der Waals surface area contributed by atoms with Crippen LogP contribution in [0, 0.1) is 0 Å². The fourth-order valence-corrected chi connectivity index (χ4v) is 4.15. The molecule has 1 aliphatic heterocycles. The van der Waals surface area contributed by atoms with Gasteiger partial charge < -0.3 is 5.32 Å². The number of amides is 3. The molecule has 152 valence electrons. The van der Waals surface area contributed by atoms with Crippen molar-refractivity contribution in [2.45, 2.75) is 32.9 Å². The molecular formula is C23H21N3O3S. The topological polar surface area (TPSA) is 79.4 Å². The lowest BCUT2D eigenvalue weighted by atomic mass is 10.1. The molecule has 4 rings (SSSR count). The highest BCUT2D eigenvalue weighted by atomic mass is 32.1. The second-order valence-electron chi connectivity index (χ2n) is 7.46. The van der Waals surface area contributed by atoms with Crippen molar-refractivity contribution in [3.63, 3.8) is 0 Å². The van der Waals surface area contributed by atoms with E-state index in [4.69, 9.17) is 0 Å². The number of nitrogens with one attached hydrogen (secondary N) is 1. The summed E-state index contributed by atoms with van der Waals surface area (Å²) in [4.78, 5) is 43.4. The number of nitrogens with zero attached hydrogens (tertiary/aromatic N) is 2. The molecule has 3 aromatic rings. The van der Waals surface area contributed by atoms with Crippen LogP contribution in [0.15, 0.2) is 53.9 Å². The van der Waals surface area contributed by atoms with Crippen LogP contribution in [0.25, 0.3) is 0 Å². The van der Waals surface area contributed by atoms with E-state index in [0.29, 0.717) is 34.7 Å². The van der Waals surface area contributed by atoms with Crippen molar-refractivity contribution in [3.05, 3.63) is 86.9 Å². The summed E-state index contributed by atoms with van der Waals surface area (Å²) in [6, 6.07) is 13.8. The third-order valence-corrected chi connectivity index (χ3v) is 6.10. The van der Waals surface area contributed by atoms with Crippen LogP contribution < -0.4 is 5.32 Å². The summed E-state index contributed by atoms with van der Waals surface area (Å²) in [6.45, 7) is 4.64. The van der Waals surface area contributed by atoms with Gasteiger partial charge in [-0.15, -0.1) is 11.3 Å². The second kappa shape index (κ2) is 8.20. The molecule has 2 heterocycles. The lowest BCUT2D eigenvalue weighted by Gasteiger charge is -2.14. The highest BCUT2D eigenvalue weighted by molar-refractivity contribution is 7.09. The number of thiazole rings is 1. The Balaban J connectivity index is 1.43. The monoisotopic (exact) mass is 419 g/mol. The number of hydrogen-bond acceptors (Lipinski definition) is 5. The van der Waals surface area contributed by atoms with E-state index in [1.54, 1.807) is 59.9 Å². The van der Waals surface area contributed by atoms with Crippen LogP contribution in [0.4, 0.5) is 0 Å². The van der Waals surface area contributed by atoms with E-state index < -0.39 is 0 Å². The van der Waals surface area contributed by atoms with Crippen molar-refractivity contribution >= 4 is 29.1 Å². The molecule has 1 N–H and O–H groups in total. The molecule has 0 saturated carbocycles. The van der Waals surface area contributed by atoms with E-state index in [0.717, 1.165) is 10.7 Å². The molecule has 0 fully saturated rings. The lowest BCUT2D eigenvalue weighted by Crippen LogP contribution is -2.29. The van der Waals surface area contributed by atoms with E-state index in [9.17, 15) is 14.4 Å². The second-order valence-corrected chi connectivity index (χ2v) is 8.35. The number of carbonyl (C=O) groups is 3. The quantitative estimate of drug-likeness (QED) is 0.613. The van der Waals surface area contributed by atoms with Gasteiger partial charge in [-0.25, -0.2) is 4.98 Å². The first-order valence-electron chi connectivity index (χ1n) is 9.70. The van der Waals surface area contributed by atoms with Gasteiger partial charge in [-0.2, -0.15) is 0 Å². The fourth-order valence-electron chi connectivity index (χ4n) is 3.32. The molecule has 0 saturated heterocycles. The van der Waals surface area contributed by atoms with Gasteiger partial charge in [0.1, 0.15) is 0 Å². The van der Waals surface area contributed by atoms with Gasteiger partial charge in [0.05, 0.1) is 34.9 Å². The van der Waals surface area contributed by atoms with Crippen molar-refractivity contribution in [3.8, 4) is 0 Å². The minimum atomic E-state index is -0.310. The maximum Gasteiger partial charge on any atom is 0.261 e. The van der Waals surface area contributed by atoms with Crippen LogP contribution in [-0.4, -0.2) is 27.6 Å². The smallest absolute Gasteiger partial charge is 0.261 e. The maximum atomic E-state index is 12.6. The molecule has 1 aromatic heterocycles. The van der Waals surface area contributed by atoms with Gasteiger partial charge in [-0.3, -0.25) is 19.3 Å². The van der Waals surface area contributed by atoms with Crippen LogP contribution in [0.2, 0.25) is 0 Å². The van der Waals surface area contributed by atoms with Crippen LogP contribution >= 0.6 is 11.3 Å². The first-order chi connectivity index (χ1) is 14.4. The molecule has 1 aliphatic rings. The number of benzene rings is 2. The SMILES string of the molecule is CC(C)c1nc(CNC(=O)c2cccc(CN3C(=O)c4ccccc4C3=O)c2)cs1. The summed E-state index contributed by atoms with van der Waals surface area (Å²) in [5.41, 5.74) is 2.86. The van der Waals surface area contributed by atoms with Crippen LogP contribution in [0.5, 0.6) is 0 Å². The Bertz CT molecular complexity index is 1100. The average Bonchev–Trinajstić information content (AvgIpc) is 3.32. The number of hydrogen-bond donors (Lipinski definition) is 1. The molecule has 7 heteroatoms. The zero-order valence-corrected chi connectivity index (χ0v) is 17.5. The number of imide groups is 1. The predicted molar refractivity (Wildman–Crippen MR) is 114 cm³/mol. The van der Waals surface area contributed by atoms with Gasteiger partial charge >= 0.3 is 0 Å². The first kappa shape index (κ1) is 20.0. The van der Waals surface area contributed by atoms with Gasteiger partial charge in [0.2, 0.25) is 0 Å². The molecule has 0 unspecified atom stereocenters.